The van der Waals surface area contributed by atoms with Gasteiger partial charge in [-0.2, -0.15) is 6.07 Å². The van der Waals surface area contributed by atoms with Gasteiger partial charge in [0.2, 0.25) is 0 Å². The van der Waals surface area contributed by atoms with E-state index in [1.807, 2.05) is 18.2 Å². The summed E-state index contributed by atoms with van der Waals surface area (Å²) in [7, 11) is 0. The molecule has 0 N–H and O–H groups in total. The van der Waals surface area contributed by atoms with Crippen LogP contribution in [0.5, 0.6) is 0 Å². The van der Waals surface area contributed by atoms with E-state index in [0.717, 1.165) is 5.69 Å². The van der Waals surface area contributed by atoms with Crippen LogP contribution in [0.2, 0.25) is 0 Å². The molecular weight excluding hydrogens is 150 g/mol. The molecule has 0 atom stereocenters. The molecule has 0 aromatic carbocycles. The van der Waals surface area contributed by atoms with Crippen LogP contribution in [0.15, 0.2) is 24.4 Å². The summed E-state index contributed by atoms with van der Waals surface area (Å²) in [6, 6.07) is 5.64. The molecule has 0 saturated carbocycles. The number of nitrogens with zero attached hydrogens (tertiary/aromatic N) is 1. The van der Waals surface area contributed by atoms with Crippen LogP contribution >= 0.6 is 0 Å². The summed E-state index contributed by atoms with van der Waals surface area (Å²) in [5.74, 6) is 0. The SMILES string of the molecule is [CH2-]c1ccccn1.[Cu+2]. The summed E-state index contributed by atoms with van der Waals surface area (Å²) >= 11 is 0. The third kappa shape index (κ3) is 2.01. The minimum atomic E-state index is 0. The predicted molar refractivity (Wildman–Crippen MR) is 28.7 cm³/mol. The molecule has 0 fully saturated rings. The number of aromatic nitrogens is 1. The number of pyridine rings is 1. The second-order valence-corrected chi connectivity index (χ2v) is 1.32. The van der Waals surface area contributed by atoms with E-state index in [0.29, 0.717) is 0 Å². The number of hydrogen-bond acceptors (Lipinski definition) is 1. The third-order valence-corrected chi connectivity index (χ3v) is 0.726. The van der Waals surface area contributed by atoms with Crippen molar-refractivity contribution in [2.24, 2.45) is 0 Å². The van der Waals surface area contributed by atoms with Crippen LogP contribution in [0.1, 0.15) is 5.69 Å². The van der Waals surface area contributed by atoms with E-state index in [1.54, 1.807) is 6.20 Å². The fourth-order valence-corrected chi connectivity index (χ4v) is 0.398. The Morgan fingerprint density at radius 1 is 1.38 bits per heavy atom. The van der Waals surface area contributed by atoms with Gasteiger partial charge in [-0.3, -0.25) is 4.98 Å². The Morgan fingerprint density at radius 3 is 2.38 bits per heavy atom. The Morgan fingerprint density at radius 2 is 2.12 bits per heavy atom. The number of hydrogen-bond donors (Lipinski definition) is 0. The van der Waals surface area contributed by atoms with Gasteiger partial charge in [-0.05, 0) is 0 Å². The molecule has 1 aromatic rings. The second kappa shape index (κ2) is 3.53. The summed E-state index contributed by atoms with van der Waals surface area (Å²) in [6.07, 6.45) is 1.72. The fraction of sp³-hybridized carbons (Fsp3) is 0. The maximum atomic E-state index is 3.87. The van der Waals surface area contributed by atoms with E-state index >= 15 is 0 Å². The first-order valence-corrected chi connectivity index (χ1v) is 2.12. The third-order valence-electron chi connectivity index (χ3n) is 0.726. The van der Waals surface area contributed by atoms with Crippen molar-refractivity contribution in [1.29, 1.82) is 0 Å². The van der Waals surface area contributed by atoms with Crippen LogP contribution in [0.4, 0.5) is 0 Å². The van der Waals surface area contributed by atoms with E-state index in [4.69, 9.17) is 0 Å². The van der Waals surface area contributed by atoms with Crippen molar-refractivity contribution >= 4 is 0 Å². The normalized spacial score (nSPS) is 7.50. The Kier molecular flexibility index (Phi) is 3.33. The van der Waals surface area contributed by atoms with Crippen LogP contribution < -0.4 is 0 Å². The first-order valence-electron chi connectivity index (χ1n) is 2.12. The van der Waals surface area contributed by atoms with Gasteiger partial charge < -0.3 is 0 Å². The molecule has 2 heteroatoms. The summed E-state index contributed by atoms with van der Waals surface area (Å²) < 4.78 is 0. The molecule has 0 unspecified atom stereocenters. The molecule has 8 heavy (non-hydrogen) atoms. The zero-order valence-electron chi connectivity index (χ0n) is 4.27. The van der Waals surface area contributed by atoms with E-state index in [2.05, 4.69) is 11.9 Å². The molecule has 1 nitrogen and oxygen atoms in total. The van der Waals surface area contributed by atoms with Crippen molar-refractivity contribution in [1.82, 2.24) is 4.98 Å². The van der Waals surface area contributed by atoms with E-state index < -0.39 is 0 Å². The molecule has 0 saturated heterocycles. The van der Waals surface area contributed by atoms with Crippen LogP contribution in [-0.4, -0.2) is 4.98 Å². The van der Waals surface area contributed by atoms with Crippen LogP contribution in [0.25, 0.3) is 0 Å². The van der Waals surface area contributed by atoms with Gasteiger partial charge >= 0.3 is 17.1 Å². The summed E-state index contributed by atoms with van der Waals surface area (Å²) in [6.45, 7) is 3.61. The Labute approximate surface area is 59.6 Å². The summed E-state index contributed by atoms with van der Waals surface area (Å²) in [4.78, 5) is 3.87. The van der Waals surface area contributed by atoms with Crippen LogP contribution in [-0.2, 0) is 17.1 Å². The molecule has 1 radical (unpaired) electrons. The van der Waals surface area contributed by atoms with Gasteiger partial charge in [0.25, 0.3) is 0 Å². The van der Waals surface area contributed by atoms with Crippen molar-refractivity contribution < 1.29 is 17.1 Å². The zero-order valence-corrected chi connectivity index (χ0v) is 5.21. The van der Waals surface area contributed by atoms with Gasteiger partial charge in [0.15, 0.2) is 0 Å². The molecular formula is C6H6CuN+. The van der Waals surface area contributed by atoms with Gasteiger partial charge in [-0.15, -0.1) is 11.8 Å². The topological polar surface area (TPSA) is 12.9 Å². The first-order chi connectivity index (χ1) is 3.39. The maximum absolute atomic E-state index is 3.87. The molecule has 0 spiro atoms. The van der Waals surface area contributed by atoms with Gasteiger partial charge in [0, 0.05) is 6.20 Å². The van der Waals surface area contributed by atoms with E-state index in [1.165, 1.54) is 0 Å². The number of rotatable bonds is 0. The average molecular weight is 156 g/mol. The van der Waals surface area contributed by atoms with Gasteiger partial charge in [-0.1, -0.05) is 6.07 Å². The van der Waals surface area contributed by atoms with E-state index in [-0.39, 0.29) is 17.1 Å². The summed E-state index contributed by atoms with van der Waals surface area (Å²) in [5.41, 5.74) is 0.822. The monoisotopic (exact) mass is 155 g/mol. The molecule has 0 amide bonds. The average Bonchev–Trinajstić information content (AvgIpc) is 1.69. The molecule has 0 aliphatic carbocycles. The van der Waals surface area contributed by atoms with Crippen molar-refractivity contribution in [2.45, 2.75) is 0 Å². The van der Waals surface area contributed by atoms with Crippen molar-refractivity contribution in [2.75, 3.05) is 0 Å². The molecule has 1 heterocycles. The Balaban J connectivity index is 0.000000490. The Hall–Kier alpha value is -0.461. The van der Waals surface area contributed by atoms with Crippen LogP contribution in [0, 0.1) is 6.92 Å². The molecule has 0 bridgehead atoms. The minimum Gasteiger partial charge on any atom is -0.296 e. The standard InChI is InChI=1S/C6H6N.Cu/c1-6-4-2-3-5-7-6;/h2-5H,1H2;/q-1;+2. The maximum Gasteiger partial charge on any atom is 2.00 e. The van der Waals surface area contributed by atoms with Gasteiger partial charge in [0.1, 0.15) is 0 Å². The van der Waals surface area contributed by atoms with Crippen LogP contribution in [0.3, 0.4) is 0 Å². The van der Waals surface area contributed by atoms with Crippen molar-refractivity contribution in [3.8, 4) is 0 Å². The van der Waals surface area contributed by atoms with E-state index in [9.17, 15) is 0 Å². The molecule has 1 aromatic heterocycles. The molecule has 0 aliphatic rings. The second-order valence-electron chi connectivity index (χ2n) is 1.32. The Bertz CT molecular complexity index is 138. The quantitative estimate of drug-likeness (QED) is 0.406. The van der Waals surface area contributed by atoms with Crippen molar-refractivity contribution in [3.05, 3.63) is 37.0 Å². The smallest absolute Gasteiger partial charge is 0.296 e. The predicted octanol–water partition coefficient (Wildman–Crippen LogP) is 1.26. The fourth-order valence-electron chi connectivity index (χ4n) is 0.398. The first kappa shape index (κ1) is 7.54. The molecule has 1 rings (SSSR count). The zero-order chi connectivity index (χ0) is 5.11. The molecule has 45 valence electrons. The minimum absolute atomic E-state index is 0. The molecule has 0 aliphatic heterocycles. The summed E-state index contributed by atoms with van der Waals surface area (Å²) in [5, 5.41) is 0. The van der Waals surface area contributed by atoms with Gasteiger partial charge in [0.05, 0.1) is 0 Å². The largest absolute Gasteiger partial charge is 2.00 e. The van der Waals surface area contributed by atoms with Gasteiger partial charge in [-0.25, -0.2) is 6.92 Å². The van der Waals surface area contributed by atoms with Crippen molar-refractivity contribution in [3.63, 3.8) is 0 Å².